The van der Waals surface area contributed by atoms with Crippen LogP contribution in [0.2, 0.25) is 0 Å². The molecule has 0 saturated heterocycles. The molecule has 0 unspecified atom stereocenters. The monoisotopic (exact) mass is 135 g/mol. The standard InChI is InChI=1S/C9H13N/c1-4-9-8(3)5-7(2)6-10-9/h5-6H,4H2,1-3H3. The summed E-state index contributed by atoms with van der Waals surface area (Å²) < 4.78 is 0. The number of aryl methyl sites for hydroxylation is 3. The first kappa shape index (κ1) is 7.26. The minimum Gasteiger partial charge on any atom is -0.261 e. The fourth-order valence-corrected chi connectivity index (χ4v) is 1.11. The van der Waals surface area contributed by atoms with Crippen molar-refractivity contribution >= 4 is 0 Å². The molecule has 0 radical (unpaired) electrons. The molecule has 0 aliphatic heterocycles. The average molecular weight is 135 g/mol. The minimum absolute atomic E-state index is 1.03. The summed E-state index contributed by atoms with van der Waals surface area (Å²) in [5.41, 5.74) is 3.77. The van der Waals surface area contributed by atoms with Gasteiger partial charge in [-0.15, -0.1) is 0 Å². The lowest BCUT2D eigenvalue weighted by molar-refractivity contribution is 0.999. The molecule has 54 valence electrons. The highest BCUT2D eigenvalue weighted by Gasteiger charge is 1.94. The summed E-state index contributed by atoms with van der Waals surface area (Å²) in [6, 6.07) is 2.17. The van der Waals surface area contributed by atoms with Crippen molar-refractivity contribution in [3.05, 3.63) is 29.1 Å². The Bertz CT molecular complexity index is 228. The minimum atomic E-state index is 1.03. The zero-order valence-electron chi connectivity index (χ0n) is 6.81. The second-order valence-corrected chi connectivity index (χ2v) is 2.63. The van der Waals surface area contributed by atoms with Gasteiger partial charge in [-0.05, 0) is 31.4 Å². The summed E-state index contributed by atoms with van der Waals surface area (Å²) in [6.07, 6.45) is 2.96. The van der Waals surface area contributed by atoms with Crippen LogP contribution in [0.25, 0.3) is 0 Å². The second-order valence-electron chi connectivity index (χ2n) is 2.63. The van der Waals surface area contributed by atoms with Crippen molar-refractivity contribution in [1.82, 2.24) is 4.98 Å². The summed E-state index contributed by atoms with van der Waals surface area (Å²) in [7, 11) is 0. The SMILES string of the molecule is CCc1ncc(C)cc1C. The van der Waals surface area contributed by atoms with E-state index in [0.717, 1.165) is 6.42 Å². The first-order valence-corrected chi connectivity index (χ1v) is 3.66. The van der Waals surface area contributed by atoms with Crippen LogP contribution in [0.4, 0.5) is 0 Å². The number of rotatable bonds is 1. The predicted octanol–water partition coefficient (Wildman–Crippen LogP) is 2.26. The van der Waals surface area contributed by atoms with Crippen molar-refractivity contribution in [3.63, 3.8) is 0 Å². The number of nitrogens with zero attached hydrogens (tertiary/aromatic N) is 1. The van der Waals surface area contributed by atoms with Crippen LogP contribution in [0.3, 0.4) is 0 Å². The number of hydrogen-bond acceptors (Lipinski definition) is 1. The topological polar surface area (TPSA) is 12.9 Å². The Labute approximate surface area is 62.1 Å². The van der Waals surface area contributed by atoms with E-state index in [0.29, 0.717) is 0 Å². The van der Waals surface area contributed by atoms with E-state index in [1.165, 1.54) is 16.8 Å². The largest absolute Gasteiger partial charge is 0.261 e. The van der Waals surface area contributed by atoms with Crippen molar-refractivity contribution in [2.75, 3.05) is 0 Å². The lowest BCUT2D eigenvalue weighted by Gasteiger charge is -2.00. The molecule has 0 aliphatic carbocycles. The van der Waals surface area contributed by atoms with Crippen LogP contribution in [0, 0.1) is 13.8 Å². The van der Waals surface area contributed by atoms with Crippen molar-refractivity contribution in [1.29, 1.82) is 0 Å². The molecular weight excluding hydrogens is 122 g/mol. The fourth-order valence-electron chi connectivity index (χ4n) is 1.11. The Morgan fingerprint density at radius 3 is 2.60 bits per heavy atom. The van der Waals surface area contributed by atoms with Crippen LogP contribution < -0.4 is 0 Å². The number of aromatic nitrogens is 1. The molecule has 0 spiro atoms. The molecule has 1 aromatic rings. The van der Waals surface area contributed by atoms with Gasteiger partial charge in [0, 0.05) is 11.9 Å². The molecule has 0 amide bonds. The highest BCUT2D eigenvalue weighted by Crippen LogP contribution is 2.06. The van der Waals surface area contributed by atoms with Crippen molar-refractivity contribution in [3.8, 4) is 0 Å². The van der Waals surface area contributed by atoms with Gasteiger partial charge in [0.25, 0.3) is 0 Å². The van der Waals surface area contributed by atoms with E-state index < -0.39 is 0 Å². The van der Waals surface area contributed by atoms with Crippen LogP contribution in [0.5, 0.6) is 0 Å². The fraction of sp³-hybridized carbons (Fsp3) is 0.444. The summed E-state index contributed by atoms with van der Waals surface area (Å²) in [4.78, 5) is 4.30. The van der Waals surface area contributed by atoms with Crippen LogP contribution in [0.1, 0.15) is 23.7 Å². The molecule has 1 heteroatoms. The maximum absolute atomic E-state index is 4.30. The van der Waals surface area contributed by atoms with Crippen molar-refractivity contribution in [2.24, 2.45) is 0 Å². The normalized spacial score (nSPS) is 9.90. The molecular formula is C9H13N. The molecule has 0 atom stereocenters. The van der Waals surface area contributed by atoms with Gasteiger partial charge in [0.15, 0.2) is 0 Å². The van der Waals surface area contributed by atoms with Crippen LogP contribution in [-0.4, -0.2) is 4.98 Å². The lowest BCUT2D eigenvalue weighted by atomic mass is 10.1. The Hall–Kier alpha value is -0.850. The van der Waals surface area contributed by atoms with Gasteiger partial charge in [-0.1, -0.05) is 13.0 Å². The predicted molar refractivity (Wildman–Crippen MR) is 43.1 cm³/mol. The van der Waals surface area contributed by atoms with Crippen LogP contribution in [0.15, 0.2) is 12.3 Å². The first-order chi connectivity index (χ1) is 4.74. The molecule has 0 bridgehead atoms. The third-order valence-corrected chi connectivity index (χ3v) is 1.66. The summed E-state index contributed by atoms with van der Waals surface area (Å²) in [6.45, 7) is 6.31. The zero-order valence-corrected chi connectivity index (χ0v) is 6.81. The summed E-state index contributed by atoms with van der Waals surface area (Å²) in [5, 5.41) is 0. The van der Waals surface area contributed by atoms with Crippen molar-refractivity contribution in [2.45, 2.75) is 27.2 Å². The van der Waals surface area contributed by atoms with E-state index in [9.17, 15) is 0 Å². The van der Waals surface area contributed by atoms with Gasteiger partial charge in [0.05, 0.1) is 0 Å². The van der Waals surface area contributed by atoms with Gasteiger partial charge in [-0.2, -0.15) is 0 Å². The Balaban J connectivity index is 3.07. The molecule has 0 aliphatic rings. The van der Waals surface area contributed by atoms with E-state index in [-0.39, 0.29) is 0 Å². The van der Waals surface area contributed by atoms with Gasteiger partial charge < -0.3 is 0 Å². The smallest absolute Gasteiger partial charge is 0.0430 e. The van der Waals surface area contributed by atoms with Gasteiger partial charge in [-0.25, -0.2) is 0 Å². The molecule has 1 heterocycles. The van der Waals surface area contributed by atoms with Crippen LogP contribution in [-0.2, 0) is 6.42 Å². The van der Waals surface area contributed by atoms with Crippen LogP contribution >= 0.6 is 0 Å². The maximum Gasteiger partial charge on any atom is 0.0430 e. The molecule has 0 N–H and O–H groups in total. The summed E-state index contributed by atoms with van der Waals surface area (Å²) in [5.74, 6) is 0. The third kappa shape index (κ3) is 1.35. The first-order valence-electron chi connectivity index (χ1n) is 3.66. The quantitative estimate of drug-likeness (QED) is 0.575. The Kier molecular flexibility index (Phi) is 2.05. The number of pyridine rings is 1. The molecule has 1 nitrogen and oxygen atoms in total. The average Bonchev–Trinajstić information content (AvgIpc) is 1.88. The summed E-state index contributed by atoms with van der Waals surface area (Å²) >= 11 is 0. The molecule has 1 aromatic heterocycles. The van der Waals surface area contributed by atoms with E-state index in [4.69, 9.17) is 0 Å². The lowest BCUT2D eigenvalue weighted by Crippen LogP contribution is -1.91. The van der Waals surface area contributed by atoms with E-state index in [1.54, 1.807) is 0 Å². The van der Waals surface area contributed by atoms with Crippen molar-refractivity contribution < 1.29 is 0 Å². The molecule has 0 aromatic carbocycles. The van der Waals surface area contributed by atoms with Gasteiger partial charge in [0.2, 0.25) is 0 Å². The Morgan fingerprint density at radius 1 is 1.40 bits per heavy atom. The third-order valence-electron chi connectivity index (χ3n) is 1.66. The molecule has 10 heavy (non-hydrogen) atoms. The molecule has 1 rings (SSSR count). The van der Waals surface area contributed by atoms with Gasteiger partial charge >= 0.3 is 0 Å². The molecule has 0 fully saturated rings. The van der Waals surface area contributed by atoms with E-state index >= 15 is 0 Å². The van der Waals surface area contributed by atoms with Gasteiger partial charge in [0.1, 0.15) is 0 Å². The maximum atomic E-state index is 4.30. The highest BCUT2D eigenvalue weighted by molar-refractivity contribution is 5.22. The van der Waals surface area contributed by atoms with E-state index in [2.05, 4.69) is 31.8 Å². The Morgan fingerprint density at radius 2 is 2.10 bits per heavy atom. The zero-order chi connectivity index (χ0) is 7.56. The molecule has 0 saturated carbocycles. The number of hydrogen-bond donors (Lipinski definition) is 0. The van der Waals surface area contributed by atoms with E-state index in [1.807, 2.05) is 6.20 Å². The highest BCUT2D eigenvalue weighted by atomic mass is 14.7. The second kappa shape index (κ2) is 2.82. The van der Waals surface area contributed by atoms with Gasteiger partial charge in [-0.3, -0.25) is 4.98 Å².